The van der Waals surface area contributed by atoms with E-state index in [2.05, 4.69) is 26.7 Å². The second kappa shape index (κ2) is 8.39. The number of nitrogens with zero attached hydrogens (tertiary/aromatic N) is 2. The van der Waals surface area contributed by atoms with Gasteiger partial charge in [-0.25, -0.2) is 14.8 Å². The third kappa shape index (κ3) is 4.20. The van der Waals surface area contributed by atoms with Gasteiger partial charge in [-0.05, 0) is 44.5 Å². The summed E-state index contributed by atoms with van der Waals surface area (Å²) in [7, 11) is 0. The van der Waals surface area contributed by atoms with Gasteiger partial charge in [-0.15, -0.1) is 0 Å². The Bertz CT molecular complexity index is 1000. The van der Waals surface area contributed by atoms with E-state index in [0.29, 0.717) is 35.2 Å². The lowest BCUT2D eigenvalue weighted by Crippen LogP contribution is -2.10. The minimum Gasteiger partial charge on any atom is -0.462 e. The number of benzene rings is 2. The molecule has 4 N–H and O–H groups in total. The fraction of sp³-hybridized carbons (Fsp3) is 0.190. The van der Waals surface area contributed by atoms with Gasteiger partial charge in [-0.1, -0.05) is 29.8 Å². The maximum atomic E-state index is 12.2. The Hall–Kier alpha value is -3.61. The number of carbonyl (C=O) groups is 1. The summed E-state index contributed by atoms with van der Waals surface area (Å²) in [5.41, 5.74) is 10.8. The van der Waals surface area contributed by atoms with Crippen LogP contribution >= 0.6 is 0 Å². The van der Waals surface area contributed by atoms with Gasteiger partial charge < -0.3 is 21.1 Å². The molecule has 0 aliphatic heterocycles. The van der Waals surface area contributed by atoms with Crippen LogP contribution in [0.1, 0.15) is 28.4 Å². The van der Waals surface area contributed by atoms with Gasteiger partial charge in [0.15, 0.2) is 11.6 Å². The van der Waals surface area contributed by atoms with Crippen LogP contribution in [0.2, 0.25) is 0 Å². The van der Waals surface area contributed by atoms with E-state index >= 15 is 0 Å². The van der Waals surface area contributed by atoms with Crippen molar-refractivity contribution in [3.05, 3.63) is 65.5 Å². The van der Waals surface area contributed by atoms with Crippen LogP contribution in [0.4, 0.5) is 28.7 Å². The zero-order valence-electron chi connectivity index (χ0n) is 16.1. The maximum absolute atomic E-state index is 12.2. The highest BCUT2D eigenvalue weighted by atomic mass is 16.5. The molecule has 0 aliphatic carbocycles. The average molecular weight is 377 g/mol. The van der Waals surface area contributed by atoms with Crippen molar-refractivity contribution in [2.75, 3.05) is 23.0 Å². The van der Waals surface area contributed by atoms with Crippen molar-refractivity contribution in [1.29, 1.82) is 0 Å². The molecule has 3 aromatic rings. The van der Waals surface area contributed by atoms with Gasteiger partial charge >= 0.3 is 5.97 Å². The van der Waals surface area contributed by atoms with Crippen LogP contribution in [0.25, 0.3) is 0 Å². The van der Waals surface area contributed by atoms with E-state index < -0.39 is 5.97 Å². The molecule has 0 spiro atoms. The van der Waals surface area contributed by atoms with Crippen molar-refractivity contribution >= 4 is 34.7 Å². The summed E-state index contributed by atoms with van der Waals surface area (Å²) in [5.74, 6) is 0.476. The van der Waals surface area contributed by atoms with Gasteiger partial charge in [-0.2, -0.15) is 0 Å². The third-order valence-electron chi connectivity index (χ3n) is 4.19. The van der Waals surface area contributed by atoms with Crippen molar-refractivity contribution in [2.24, 2.45) is 0 Å². The van der Waals surface area contributed by atoms with Gasteiger partial charge in [-0.3, -0.25) is 0 Å². The number of hydrogen-bond donors (Lipinski definition) is 3. The van der Waals surface area contributed by atoms with Crippen LogP contribution in [0.15, 0.2) is 48.8 Å². The number of anilines is 5. The molecule has 0 unspecified atom stereocenters. The fourth-order valence-corrected chi connectivity index (χ4v) is 2.78. The molecule has 0 aliphatic rings. The zero-order chi connectivity index (χ0) is 20.1. The van der Waals surface area contributed by atoms with Crippen LogP contribution in [-0.4, -0.2) is 22.5 Å². The van der Waals surface area contributed by atoms with Gasteiger partial charge in [0.1, 0.15) is 12.0 Å². The first kappa shape index (κ1) is 19.2. The molecule has 7 nitrogen and oxygen atoms in total. The lowest BCUT2D eigenvalue weighted by molar-refractivity contribution is 0.0527. The van der Waals surface area contributed by atoms with E-state index in [1.54, 1.807) is 25.1 Å². The standard InChI is InChI=1S/C21H23N5O2/c1-4-28-21(27)15-7-5-6-8-17(15)26-20-18(22)19(23-12-24-20)25-16-10-9-13(2)11-14(16)3/h5-12H,4,22H2,1-3H3,(H2,23,24,25,26). The number of carbonyl (C=O) groups excluding carboxylic acids is 1. The van der Waals surface area contributed by atoms with Crippen molar-refractivity contribution in [3.63, 3.8) is 0 Å². The highest BCUT2D eigenvalue weighted by Gasteiger charge is 2.15. The van der Waals surface area contributed by atoms with E-state index in [4.69, 9.17) is 10.5 Å². The second-order valence-electron chi connectivity index (χ2n) is 6.32. The highest BCUT2D eigenvalue weighted by molar-refractivity contribution is 5.97. The first-order chi connectivity index (χ1) is 13.5. The minimum atomic E-state index is -0.410. The Morgan fingerprint density at radius 1 is 1.04 bits per heavy atom. The smallest absolute Gasteiger partial charge is 0.340 e. The number of esters is 1. The summed E-state index contributed by atoms with van der Waals surface area (Å²) in [6.45, 7) is 6.12. The van der Waals surface area contributed by atoms with Gasteiger partial charge in [0, 0.05) is 5.69 Å². The molecule has 1 aromatic heterocycles. The number of rotatable bonds is 6. The number of nitrogen functional groups attached to an aromatic ring is 1. The van der Waals surface area contributed by atoms with Crippen molar-refractivity contribution in [3.8, 4) is 0 Å². The quantitative estimate of drug-likeness (QED) is 0.549. The largest absolute Gasteiger partial charge is 0.462 e. The van der Waals surface area contributed by atoms with E-state index in [1.807, 2.05) is 32.0 Å². The first-order valence-electron chi connectivity index (χ1n) is 8.97. The van der Waals surface area contributed by atoms with E-state index in [0.717, 1.165) is 11.3 Å². The van der Waals surface area contributed by atoms with Crippen LogP contribution < -0.4 is 16.4 Å². The second-order valence-corrected chi connectivity index (χ2v) is 6.32. The summed E-state index contributed by atoms with van der Waals surface area (Å²) in [6.07, 6.45) is 1.41. The van der Waals surface area contributed by atoms with Crippen molar-refractivity contribution in [2.45, 2.75) is 20.8 Å². The molecule has 0 radical (unpaired) electrons. The lowest BCUT2D eigenvalue weighted by Gasteiger charge is -2.15. The molecular weight excluding hydrogens is 354 g/mol. The summed E-state index contributed by atoms with van der Waals surface area (Å²) in [4.78, 5) is 20.6. The Morgan fingerprint density at radius 2 is 1.71 bits per heavy atom. The molecule has 3 rings (SSSR count). The van der Waals surface area contributed by atoms with Crippen LogP contribution in [-0.2, 0) is 4.74 Å². The molecule has 144 valence electrons. The molecule has 1 heterocycles. The van der Waals surface area contributed by atoms with Crippen LogP contribution in [0.5, 0.6) is 0 Å². The summed E-state index contributed by atoms with van der Waals surface area (Å²) in [6, 6.07) is 13.1. The number of ether oxygens (including phenoxy) is 1. The number of nitrogens with one attached hydrogen (secondary N) is 2. The predicted octanol–water partition coefficient (Wildman–Crippen LogP) is 4.34. The van der Waals surface area contributed by atoms with Crippen molar-refractivity contribution < 1.29 is 9.53 Å². The van der Waals surface area contributed by atoms with Crippen LogP contribution in [0.3, 0.4) is 0 Å². The lowest BCUT2D eigenvalue weighted by atomic mass is 10.1. The Balaban J connectivity index is 1.89. The molecule has 0 saturated carbocycles. The third-order valence-corrected chi connectivity index (χ3v) is 4.19. The molecule has 28 heavy (non-hydrogen) atoms. The number of hydrogen-bond acceptors (Lipinski definition) is 7. The van der Waals surface area contributed by atoms with Gasteiger partial charge in [0.25, 0.3) is 0 Å². The maximum Gasteiger partial charge on any atom is 0.340 e. The molecule has 0 amide bonds. The summed E-state index contributed by atoms with van der Waals surface area (Å²) < 4.78 is 5.11. The van der Waals surface area contributed by atoms with E-state index in [-0.39, 0.29) is 0 Å². The Kier molecular flexibility index (Phi) is 5.74. The average Bonchev–Trinajstić information content (AvgIpc) is 2.67. The molecular formula is C21H23N5O2. The van der Waals surface area contributed by atoms with Gasteiger partial charge in [0.2, 0.25) is 0 Å². The molecule has 7 heteroatoms. The van der Waals surface area contributed by atoms with Crippen LogP contribution in [0, 0.1) is 13.8 Å². The fourth-order valence-electron chi connectivity index (χ4n) is 2.78. The molecule has 0 fully saturated rings. The topological polar surface area (TPSA) is 102 Å². The Morgan fingerprint density at radius 3 is 2.39 bits per heavy atom. The monoisotopic (exact) mass is 377 g/mol. The molecule has 0 bridgehead atoms. The molecule has 0 saturated heterocycles. The Labute approximate surface area is 164 Å². The van der Waals surface area contributed by atoms with E-state index in [1.165, 1.54) is 11.9 Å². The highest BCUT2D eigenvalue weighted by Crippen LogP contribution is 2.30. The summed E-state index contributed by atoms with van der Waals surface area (Å²) in [5, 5.41) is 6.36. The minimum absolute atomic E-state index is 0.298. The normalized spacial score (nSPS) is 10.4. The number of para-hydroxylation sites is 1. The molecule has 0 atom stereocenters. The van der Waals surface area contributed by atoms with E-state index in [9.17, 15) is 4.79 Å². The zero-order valence-corrected chi connectivity index (χ0v) is 16.1. The predicted molar refractivity (Wildman–Crippen MR) is 111 cm³/mol. The van der Waals surface area contributed by atoms with Gasteiger partial charge in [0.05, 0.1) is 17.9 Å². The number of nitrogens with two attached hydrogens (primary N) is 1. The molecule has 2 aromatic carbocycles. The van der Waals surface area contributed by atoms with Crippen molar-refractivity contribution in [1.82, 2.24) is 9.97 Å². The number of aryl methyl sites for hydroxylation is 2. The first-order valence-corrected chi connectivity index (χ1v) is 8.97. The summed E-state index contributed by atoms with van der Waals surface area (Å²) >= 11 is 0. The number of aromatic nitrogens is 2. The SMILES string of the molecule is CCOC(=O)c1ccccc1Nc1ncnc(Nc2ccc(C)cc2C)c1N.